The second kappa shape index (κ2) is 3.00. The lowest BCUT2D eigenvalue weighted by atomic mass is 9.55. The van der Waals surface area contributed by atoms with Gasteiger partial charge in [0.1, 0.15) is 0 Å². The Morgan fingerprint density at radius 1 is 1.07 bits per heavy atom. The lowest BCUT2D eigenvalue weighted by Crippen LogP contribution is -2.42. The molecule has 0 amide bonds. The summed E-state index contributed by atoms with van der Waals surface area (Å²) in [4.78, 5) is 0. The van der Waals surface area contributed by atoms with Crippen LogP contribution in [0.5, 0.6) is 0 Å². The van der Waals surface area contributed by atoms with Crippen LogP contribution in [0.3, 0.4) is 0 Å². The van der Waals surface area contributed by atoms with Crippen molar-refractivity contribution in [1.82, 2.24) is 0 Å². The summed E-state index contributed by atoms with van der Waals surface area (Å²) in [6.45, 7) is 12.4. The van der Waals surface area contributed by atoms with Gasteiger partial charge in [0.25, 0.3) is 0 Å². The maximum absolute atomic E-state index is 2.56. The second-order valence-electron chi connectivity index (χ2n) is 6.48. The van der Waals surface area contributed by atoms with Crippen LogP contribution in [-0.4, -0.2) is 0 Å². The first-order chi connectivity index (χ1) is 6.46. The van der Waals surface area contributed by atoms with Gasteiger partial charge in [0.2, 0.25) is 0 Å². The van der Waals surface area contributed by atoms with Crippen molar-refractivity contribution in [2.75, 3.05) is 0 Å². The third-order valence-electron chi connectivity index (χ3n) is 5.88. The van der Waals surface area contributed by atoms with E-state index in [-0.39, 0.29) is 0 Å². The highest BCUT2D eigenvalue weighted by atomic mass is 14.7. The Hall–Kier alpha value is 0. The van der Waals surface area contributed by atoms with E-state index in [1.165, 1.54) is 25.7 Å². The van der Waals surface area contributed by atoms with E-state index in [9.17, 15) is 0 Å². The summed E-state index contributed by atoms with van der Waals surface area (Å²) in [5.74, 6) is 2.90. The molecule has 0 nitrogen and oxygen atoms in total. The molecule has 0 aliphatic heterocycles. The molecule has 2 fully saturated rings. The van der Waals surface area contributed by atoms with Crippen LogP contribution in [0.2, 0.25) is 0 Å². The minimum atomic E-state index is 0.638. The van der Waals surface area contributed by atoms with Crippen molar-refractivity contribution in [2.24, 2.45) is 28.6 Å². The average molecular weight is 194 g/mol. The Bertz CT molecular complexity index is 232. The molecule has 0 bridgehead atoms. The van der Waals surface area contributed by atoms with Crippen LogP contribution in [0.4, 0.5) is 0 Å². The highest BCUT2D eigenvalue weighted by molar-refractivity contribution is 5.13. The summed E-state index contributed by atoms with van der Waals surface area (Å²) in [5.41, 5.74) is 1.37. The molecular formula is C14H26. The fourth-order valence-electron chi connectivity index (χ4n) is 4.56. The van der Waals surface area contributed by atoms with Crippen LogP contribution in [0.25, 0.3) is 0 Å². The van der Waals surface area contributed by atoms with Crippen molar-refractivity contribution in [2.45, 2.75) is 60.3 Å². The summed E-state index contributed by atoms with van der Waals surface area (Å²) >= 11 is 0. The van der Waals surface area contributed by atoms with Crippen LogP contribution in [-0.2, 0) is 0 Å². The van der Waals surface area contributed by atoms with Crippen molar-refractivity contribution in [3.63, 3.8) is 0 Å². The van der Waals surface area contributed by atoms with Gasteiger partial charge in [0.05, 0.1) is 0 Å². The largest absolute Gasteiger partial charge is 0.0648 e. The zero-order chi connectivity index (χ0) is 10.6. The maximum Gasteiger partial charge on any atom is -0.0210 e. The molecule has 0 saturated heterocycles. The molecule has 82 valence electrons. The van der Waals surface area contributed by atoms with E-state index in [0.717, 1.165) is 23.2 Å². The van der Waals surface area contributed by atoms with Crippen molar-refractivity contribution in [3.8, 4) is 0 Å². The smallest absolute Gasteiger partial charge is 0.0210 e. The molecule has 2 aliphatic carbocycles. The van der Waals surface area contributed by atoms with E-state index in [2.05, 4.69) is 34.6 Å². The lowest BCUT2D eigenvalue weighted by Gasteiger charge is -2.50. The Labute approximate surface area is 89.5 Å². The molecule has 2 rings (SSSR count). The van der Waals surface area contributed by atoms with Crippen molar-refractivity contribution >= 4 is 0 Å². The summed E-state index contributed by atoms with van der Waals surface area (Å²) < 4.78 is 0. The molecule has 2 aliphatic rings. The van der Waals surface area contributed by atoms with Gasteiger partial charge in [-0.25, -0.2) is 0 Å². The van der Waals surface area contributed by atoms with Crippen LogP contribution < -0.4 is 0 Å². The quantitative estimate of drug-likeness (QED) is 0.577. The Morgan fingerprint density at radius 2 is 1.64 bits per heavy atom. The third kappa shape index (κ3) is 1.12. The number of rotatable bonds is 1. The van der Waals surface area contributed by atoms with Crippen molar-refractivity contribution in [1.29, 1.82) is 0 Å². The van der Waals surface area contributed by atoms with E-state index in [1.807, 2.05) is 0 Å². The minimum Gasteiger partial charge on any atom is -0.0648 e. The summed E-state index contributed by atoms with van der Waals surface area (Å²) in [6, 6.07) is 0. The number of hydrogen-bond donors (Lipinski definition) is 0. The van der Waals surface area contributed by atoms with E-state index < -0.39 is 0 Å². The molecule has 0 N–H and O–H groups in total. The monoisotopic (exact) mass is 194 g/mol. The molecule has 2 saturated carbocycles. The molecule has 0 radical (unpaired) electrons. The number of hydrogen-bond acceptors (Lipinski definition) is 0. The normalized spacial score (nSPS) is 57.6. The first-order valence-corrected chi connectivity index (χ1v) is 6.46. The molecule has 0 aromatic rings. The van der Waals surface area contributed by atoms with Crippen molar-refractivity contribution < 1.29 is 0 Å². The van der Waals surface area contributed by atoms with Gasteiger partial charge >= 0.3 is 0 Å². The zero-order valence-electron chi connectivity index (χ0n) is 10.6. The molecule has 0 aromatic heterocycles. The van der Waals surface area contributed by atoms with Crippen LogP contribution in [0.15, 0.2) is 0 Å². The highest BCUT2D eigenvalue weighted by Gasteiger charge is 2.64. The van der Waals surface area contributed by atoms with Crippen LogP contribution >= 0.6 is 0 Å². The van der Waals surface area contributed by atoms with Gasteiger partial charge in [-0.15, -0.1) is 0 Å². The topological polar surface area (TPSA) is 0 Å². The molecule has 0 heteroatoms. The van der Waals surface area contributed by atoms with Gasteiger partial charge in [-0.2, -0.15) is 0 Å². The second-order valence-corrected chi connectivity index (χ2v) is 6.48. The lowest BCUT2D eigenvalue weighted by molar-refractivity contribution is -0.00731. The predicted molar refractivity (Wildman–Crippen MR) is 62.2 cm³/mol. The highest BCUT2D eigenvalue weighted by Crippen LogP contribution is 2.72. The molecule has 5 atom stereocenters. The molecular weight excluding hydrogens is 168 g/mol. The molecule has 0 aromatic carbocycles. The first-order valence-electron chi connectivity index (χ1n) is 6.46. The standard InChI is InChI=1S/C14H26/c1-6-13(5)11(3)7-10(2)8-14(13)9-12(14)4/h10-12H,6-9H2,1-5H3. The van der Waals surface area contributed by atoms with Crippen molar-refractivity contribution in [3.05, 3.63) is 0 Å². The molecule has 0 heterocycles. The predicted octanol–water partition coefficient (Wildman–Crippen LogP) is 4.49. The Kier molecular flexibility index (Phi) is 2.25. The van der Waals surface area contributed by atoms with Gasteiger partial charge in [0.15, 0.2) is 0 Å². The van der Waals surface area contributed by atoms with Gasteiger partial charge in [0, 0.05) is 0 Å². The third-order valence-corrected chi connectivity index (χ3v) is 5.88. The van der Waals surface area contributed by atoms with Crippen LogP contribution in [0, 0.1) is 28.6 Å². The zero-order valence-corrected chi connectivity index (χ0v) is 10.6. The minimum absolute atomic E-state index is 0.638. The Morgan fingerprint density at radius 3 is 2.07 bits per heavy atom. The molecule has 14 heavy (non-hydrogen) atoms. The fourth-order valence-corrected chi connectivity index (χ4v) is 4.56. The maximum atomic E-state index is 2.56. The molecule has 5 unspecified atom stereocenters. The van der Waals surface area contributed by atoms with E-state index in [1.54, 1.807) is 0 Å². The average Bonchev–Trinajstić information content (AvgIpc) is 2.74. The van der Waals surface area contributed by atoms with Crippen LogP contribution in [0.1, 0.15) is 60.3 Å². The van der Waals surface area contributed by atoms with E-state index in [0.29, 0.717) is 5.41 Å². The SMILES string of the molecule is CCC1(C)C(C)CC(C)CC12CC2C. The molecule has 1 spiro atoms. The van der Waals surface area contributed by atoms with Gasteiger partial charge in [-0.05, 0) is 54.3 Å². The van der Waals surface area contributed by atoms with E-state index in [4.69, 9.17) is 0 Å². The summed E-state index contributed by atoms with van der Waals surface area (Å²) in [6.07, 6.45) is 5.85. The van der Waals surface area contributed by atoms with Gasteiger partial charge in [-0.1, -0.05) is 34.6 Å². The van der Waals surface area contributed by atoms with Gasteiger partial charge < -0.3 is 0 Å². The fraction of sp³-hybridized carbons (Fsp3) is 1.00. The first kappa shape index (κ1) is 10.5. The summed E-state index contributed by atoms with van der Waals surface area (Å²) in [5, 5.41) is 0. The van der Waals surface area contributed by atoms with E-state index >= 15 is 0 Å². The summed E-state index contributed by atoms with van der Waals surface area (Å²) in [7, 11) is 0. The van der Waals surface area contributed by atoms with Gasteiger partial charge in [-0.3, -0.25) is 0 Å². The Balaban J connectivity index is 2.28.